The number of aliphatic carboxylic acids is 1. The van der Waals surface area contributed by atoms with Gasteiger partial charge in [0.2, 0.25) is 11.8 Å². The number of carboxylic acid groups (broad SMARTS) is 1. The topological polar surface area (TPSA) is 84.7 Å². The van der Waals surface area contributed by atoms with E-state index in [1.165, 1.54) is 12.3 Å². The molecule has 4 rings (SSSR count). The number of pyridine rings is 1. The first-order valence-corrected chi connectivity index (χ1v) is 10.8. The van der Waals surface area contributed by atoms with Crippen LogP contribution in [0.25, 0.3) is 0 Å². The van der Waals surface area contributed by atoms with Crippen molar-refractivity contribution >= 4 is 11.9 Å². The van der Waals surface area contributed by atoms with Gasteiger partial charge in [-0.05, 0) is 55.9 Å². The van der Waals surface area contributed by atoms with Crippen molar-refractivity contribution in [2.75, 3.05) is 13.2 Å². The predicted octanol–water partition coefficient (Wildman–Crippen LogP) is 4.19. The van der Waals surface area contributed by atoms with Crippen LogP contribution in [0.2, 0.25) is 0 Å². The maximum atomic E-state index is 13.7. The third-order valence-electron chi connectivity index (χ3n) is 5.54. The molecule has 0 saturated heterocycles. The van der Waals surface area contributed by atoms with Gasteiger partial charge in [-0.3, -0.25) is 4.79 Å². The number of nitrogens with zero attached hydrogens (tertiary/aromatic N) is 3. The van der Waals surface area contributed by atoms with E-state index >= 15 is 0 Å². The molecule has 0 saturated carbocycles. The van der Waals surface area contributed by atoms with E-state index in [9.17, 15) is 22.4 Å². The molecule has 0 bridgehead atoms. The molecule has 0 aromatic carbocycles. The molecule has 1 unspecified atom stereocenters. The van der Waals surface area contributed by atoms with E-state index in [1.54, 1.807) is 6.07 Å². The summed E-state index contributed by atoms with van der Waals surface area (Å²) in [5.41, 5.74) is 2.10. The summed E-state index contributed by atoms with van der Waals surface area (Å²) < 4.78 is 53.1. The fourth-order valence-electron chi connectivity index (χ4n) is 3.88. The summed E-state index contributed by atoms with van der Waals surface area (Å²) in [6, 6.07) is 6.98. The molecule has 2 aromatic rings. The van der Waals surface area contributed by atoms with Crippen molar-refractivity contribution in [1.82, 2.24) is 14.5 Å². The van der Waals surface area contributed by atoms with E-state index in [0.717, 1.165) is 43.5 Å². The summed E-state index contributed by atoms with van der Waals surface area (Å²) in [4.78, 5) is 27.7. The third kappa shape index (κ3) is 6.82. The van der Waals surface area contributed by atoms with Gasteiger partial charge in [0, 0.05) is 36.8 Å². The second kappa shape index (κ2) is 11.2. The van der Waals surface area contributed by atoms with Crippen molar-refractivity contribution in [3.8, 4) is 5.88 Å². The van der Waals surface area contributed by atoms with Crippen LogP contribution < -0.4 is 4.74 Å². The minimum Gasteiger partial charge on any atom is -0.476 e. The molecule has 7 nitrogen and oxygen atoms in total. The molecule has 0 fully saturated rings. The number of carbonyl (C=O) groups is 2. The van der Waals surface area contributed by atoms with Gasteiger partial charge >= 0.3 is 12.1 Å². The maximum Gasteiger partial charge on any atom is 0.490 e. The molecule has 1 aliphatic carbocycles. The molecule has 1 aliphatic heterocycles. The molecule has 0 spiro atoms. The van der Waals surface area contributed by atoms with Crippen molar-refractivity contribution in [3.63, 3.8) is 0 Å². The minimum atomic E-state index is -5.08. The van der Waals surface area contributed by atoms with Crippen LogP contribution in [0.5, 0.6) is 5.88 Å². The van der Waals surface area contributed by atoms with Crippen LogP contribution in [-0.2, 0) is 22.7 Å². The Hall–Kier alpha value is -3.37. The van der Waals surface area contributed by atoms with E-state index in [4.69, 9.17) is 14.6 Å². The van der Waals surface area contributed by atoms with E-state index in [2.05, 4.69) is 27.9 Å². The maximum absolute atomic E-state index is 13.7. The Balaban J connectivity index is 0.000000406. The summed E-state index contributed by atoms with van der Waals surface area (Å²) in [5, 5.41) is 7.12. The molecule has 0 radical (unpaired) electrons. The SMILES string of the molecule is O=C(C1=CCCC1)N1Cc2cccn2CC(CCOc2ncccc2F)C1.O=C(O)C(F)(F)F. The van der Waals surface area contributed by atoms with Crippen LogP contribution >= 0.6 is 0 Å². The zero-order valence-corrected chi connectivity index (χ0v) is 18.3. The predicted molar refractivity (Wildman–Crippen MR) is 113 cm³/mol. The monoisotopic (exact) mass is 483 g/mol. The van der Waals surface area contributed by atoms with Gasteiger partial charge in [0.15, 0.2) is 5.82 Å². The van der Waals surface area contributed by atoms with Crippen LogP contribution in [0.3, 0.4) is 0 Å². The van der Waals surface area contributed by atoms with Gasteiger partial charge in [-0.15, -0.1) is 0 Å². The highest BCUT2D eigenvalue weighted by atomic mass is 19.4. The average Bonchev–Trinajstić information content (AvgIpc) is 3.44. The van der Waals surface area contributed by atoms with Crippen molar-refractivity contribution in [3.05, 3.63) is 59.8 Å². The summed E-state index contributed by atoms with van der Waals surface area (Å²) in [6.45, 7) is 2.53. The number of carboxylic acids is 1. The first-order valence-electron chi connectivity index (χ1n) is 10.8. The molecule has 34 heavy (non-hydrogen) atoms. The van der Waals surface area contributed by atoms with Gasteiger partial charge in [0.25, 0.3) is 0 Å². The molecule has 11 heteroatoms. The fraction of sp³-hybridized carbons (Fsp3) is 0.435. The molecule has 2 aromatic heterocycles. The first kappa shape index (κ1) is 25.3. The highest BCUT2D eigenvalue weighted by molar-refractivity contribution is 5.93. The number of rotatable bonds is 5. The first-order chi connectivity index (χ1) is 16.1. The highest BCUT2D eigenvalue weighted by Gasteiger charge is 2.38. The summed E-state index contributed by atoms with van der Waals surface area (Å²) in [6.07, 6.45) is 4.25. The number of halogens is 4. The van der Waals surface area contributed by atoms with Gasteiger partial charge in [-0.2, -0.15) is 13.2 Å². The average molecular weight is 483 g/mol. The Morgan fingerprint density at radius 3 is 2.62 bits per heavy atom. The van der Waals surface area contributed by atoms with Crippen LogP contribution in [0, 0.1) is 11.7 Å². The van der Waals surface area contributed by atoms with Gasteiger partial charge in [0.1, 0.15) is 0 Å². The Labute approximate surface area is 193 Å². The molecule has 1 amide bonds. The summed E-state index contributed by atoms with van der Waals surface area (Å²) in [7, 11) is 0. The van der Waals surface area contributed by atoms with Crippen molar-refractivity contribution in [2.24, 2.45) is 5.92 Å². The van der Waals surface area contributed by atoms with Crippen LogP contribution in [0.4, 0.5) is 17.6 Å². The lowest BCUT2D eigenvalue weighted by Gasteiger charge is -2.25. The molecule has 3 heterocycles. The molecular formula is C23H25F4N3O4. The Bertz CT molecular complexity index is 1040. The van der Waals surface area contributed by atoms with Crippen LogP contribution in [0.15, 0.2) is 48.3 Å². The largest absolute Gasteiger partial charge is 0.490 e. The zero-order chi connectivity index (χ0) is 24.7. The second-order valence-electron chi connectivity index (χ2n) is 8.06. The van der Waals surface area contributed by atoms with E-state index in [-0.39, 0.29) is 17.7 Å². The zero-order valence-electron chi connectivity index (χ0n) is 18.3. The second-order valence-corrected chi connectivity index (χ2v) is 8.06. The molecule has 1 atom stereocenters. The number of hydrogen-bond acceptors (Lipinski definition) is 4. The molecule has 1 N–H and O–H groups in total. The normalized spacial score (nSPS) is 17.7. The fourth-order valence-corrected chi connectivity index (χ4v) is 3.88. The number of ether oxygens (including phenoxy) is 1. The number of amides is 1. The van der Waals surface area contributed by atoms with Gasteiger partial charge in [-0.25, -0.2) is 14.2 Å². The number of alkyl halides is 3. The Kier molecular flexibility index (Phi) is 8.30. The molecular weight excluding hydrogens is 458 g/mol. The Morgan fingerprint density at radius 2 is 1.97 bits per heavy atom. The van der Waals surface area contributed by atoms with Crippen molar-refractivity contribution < 1.29 is 37.0 Å². The summed E-state index contributed by atoms with van der Waals surface area (Å²) >= 11 is 0. The van der Waals surface area contributed by atoms with Crippen LogP contribution in [0.1, 0.15) is 31.4 Å². The summed E-state index contributed by atoms with van der Waals surface area (Å²) in [5.74, 6) is -2.76. The minimum absolute atomic E-state index is 0.0387. The van der Waals surface area contributed by atoms with E-state index in [0.29, 0.717) is 19.7 Å². The van der Waals surface area contributed by atoms with E-state index < -0.39 is 18.0 Å². The number of fused-ring (bicyclic) bond motifs is 1. The lowest BCUT2D eigenvalue weighted by molar-refractivity contribution is -0.192. The lowest BCUT2D eigenvalue weighted by Crippen LogP contribution is -2.35. The highest BCUT2D eigenvalue weighted by Crippen LogP contribution is 2.25. The van der Waals surface area contributed by atoms with Crippen LogP contribution in [-0.4, -0.2) is 50.8 Å². The van der Waals surface area contributed by atoms with Gasteiger partial charge in [0.05, 0.1) is 13.2 Å². The number of carbonyl (C=O) groups excluding carboxylic acids is 1. The number of allylic oxidation sites excluding steroid dienone is 1. The molecule has 184 valence electrons. The standard InChI is InChI=1S/C21H24FN3O2.C2HF3O2/c22-19-8-3-10-23-20(19)27-12-9-16-13-24-11-4-7-18(24)15-25(14-16)21(26)17-5-1-2-6-17;3-2(4,5)1(6)7/h3-5,7-8,10-11,16H,1-2,6,9,12-15H2;(H,6,7). The smallest absolute Gasteiger partial charge is 0.476 e. The van der Waals surface area contributed by atoms with E-state index in [1.807, 2.05) is 11.0 Å². The van der Waals surface area contributed by atoms with Crippen molar-refractivity contribution in [2.45, 2.75) is 44.9 Å². The quantitative estimate of drug-likeness (QED) is 0.645. The van der Waals surface area contributed by atoms with Gasteiger partial charge < -0.3 is 19.3 Å². The lowest BCUT2D eigenvalue weighted by atomic mass is 10.0. The van der Waals surface area contributed by atoms with Gasteiger partial charge in [-0.1, -0.05) is 6.08 Å². The number of hydrogen-bond donors (Lipinski definition) is 1. The van der Waals surface area contributed by atoms with Crippen molar-refractivity contribution in [1.29, 1.82) is 0 Å². The third-order valence-corrected chi connectivity index (χ3v) is 5.54. The Morgan fingerprint density at radius 1 is 1.21 bits per heavy atom. The number of aromatic nitrogens is 2. The molecule has 2 aliphatic rings.